The molecule has 190 valence electrons. The van der Waals surface area contributed by atoms with Crippen LogP contribution in [0, 0.1) is 12.8 Å². The predicted molar refractivity (Wildman–Crippen MR) is 131 cm³/mol. The van der Waals surface area contributed by atoms with Crippen LogP contribution in [0.4, 0.5) is 0 Å². The first-order valence-corrected chi connectivity index (χ1v) is 12.2. The van der Waals surface area contributed by atoms with Gasteiger partial charge in [-0.15, -0.1) is 0 Å². The Morgan fingerprint density at radius 1 is 1.09 bits per heavy atom. The number of carboxylic acids is 1. The third kappa shape index (κ3) is 6.83. The van der Waals surface area contributed by atoms with Gasteiger partial charge in [0.1, 0.15) is 17.4 Å². The van der Waals surface area contributed by atoms with Gasteiger partial charge >= 0.3 is 11.6 Å². The van der Waals surface area contributed by atoms with Crippen LogP contribution in [-0.4, -0.2) is 42.1 Å². The highest BCUT2D eigenvalue weighted by Crippen LogP contribution is 2.35. The van der Waals surface area contributed by atoms with E-state index in [-0.39, 0.29) is 36.4 Å². The van der Waals surface area contributed by atoms with E-state index < -0.39 is 12.0 Å². The first-order valence-electron chi connectivity index (χ1n) is 12.2. The fourth-order valence-corrected chi connectivity index (χ4v) is 4.39. The minimum Gasteiger partial charge on any atom is -0.483 e. The molecule has 9 heteroatoms. The number of fused-ring (bicyclic) bond motifs is 3. The standard InChI is InChI=1S/C26H34N2O7/c1-15(2)24(25(31)32)28-21(29)10-5-4-6-11-27-22(30)14-34-19-12-16(3)13-20-23(19)17-8-7-9-18(17)26(33)35-20/h12-13,15,24H,4-11,14H2,1-3H3,(H,27,30)(H,28,29)(H,31,32). The Balaban J connectivity index is 1.42. The topological polar surface area (TPSA) is 135 Å². The summed E-state index contributed by atoms with van der Waals surface area (Å²) in [6.07, 6.45) is 4.64. The molecule has 35 heavy (non-hydrogen) atoms. The first kappa shape index (κ1) is 26.2. The molecule has 3 N–H and O–H groups in total. The van der Waals surface area contributed by atoms with Gasteiger partial charge in [-0.3, -0.25) is 9.59 Å². The summed E-state index contributed by atoms with van der Waals surface area (Å²) < 4.78 is 11.3. The van der Waals surface area contributed by atoms with E-state index in [1.165, 1.54) is 0 Å². The maximum absolute atomic E-state index is 12.3. The summed E-state index contributed by atoms with van der Waals surface area (Å²) in [5, 5.41) is 15.3. The minimum absolute atomic E-state index is 0.152. The van der Waals surface area contributed by atoms with Crippen molar-refractivity contribution in [1.82, 2.24) is 10.6 Å². The molecular weight excluding hydrogens is 452 g/mol. The lowest BCUT2D eigenvalue weighted by atomic mass is 10.0. The molecule has 1 atom stereocenters. The summed E-state index contributed by atoms with van der Waals surface area (Å²) in [6.45, 7) is 5.67. The number of carbonyl (C=O) groups is 3. The van der Waals surface area contributed by atoms with Crippen LogP contribution in [-0.2, 0) is 27.2 Å². The van der Waals surface area contributed by atoms with E-state index in [0.29, 0.717) is 42.7 Å². The summed E-state index contributed by atoms with van der Waals surface area (Å²) >= 11 is 0. The number of aliphatic carboxylic acids is 1. The minimum atomic E-state index is -1.04. The lowest BCUT2D eigenvalue weighted by Crippen LogP contribution is -2.44. The van der Waals surface area contributed by atoms with Crippen LogP contribution in [0.5, 0.6) is 5.75 Å². The summed E-state index contributed by atoms with van der Waals surface area (Å²) in [4.78, 5) is 47.6. The molecule has 3 rings (SSSR count). The van der Waals surface area contributed by atoms with E-state index in [1.54, 1.807) is 13.8 Å². The molecule has 1 aliphatic rings. The van der Waals surface area contributed by atoms with Crippen LogP contribution in [0.1, 0.15) is 62.6 Å². The molecule has 1 aliphatic carbocycles. The predicted octanol–water partition coefficient (Wildman–Crippen LogP) is 2.87. The van der Waals surface area contributed by atoms with E-state index in [2.05, 4.69) is 10.6 Å². The van der Waals surface area contributed by atoms with Crippen LogP contribution in [0.25, 0.3) is 11.0 Å². The van der Waals surface area contributed by atoms with Crippen molar-refractivity contribution < 1.29 is 28.6 Å². The number of benzene rings is 1. The quantitative estimate of drug-likeness (QED) is 0.310. The number of hydrogen-bond acceptors (Lipinski definition) is 6. The zero-order valence-corrected chi connectivity index (χ0v) is 20.6. The number of aryl methyl sites for hydroxylation is 2. The molecule has 1 heterocycles. The smallest absolute Gasteiger partial charge is 0.339 e. The number of amides is 2. The molecule has 9 nitrogen and oxygen atoms in total. The SMILES string of the molecule is Cc1cc(OCC(=O)NCCCCCC(=O)NC(C(=O)O)C(C)C)c2c3c(c(=O)oc2c1)CCC3. The molecule has 1 unspecified atom stereocenters. The highest BCUT2D eigenvalue weighted by atomic mass is 16.5. The monoisotopic (exact) mass is 486 g/mol. The number of carboxylic acid groups (broad SMARTS) is 1. The van der Waals surface area contributed by atoms with Crippen molar-refractivity contribution in [3.05, 3.63) is 39.2 Å². The maximum Gasteiger partial charge on any atom is 0.339 e. The lowest BCUT2D eigenvalue weighted by Gasteiger charge is -2.17. The van der Waals surface area contributed by atoms with E-state index in [0.717, 1.165) is 35.8 Å². The second-order valence-electron chi connectivity index (χ2n) is 9.41. The fraction of sp³-hybridized carbons (Fsp3) is 0.538. The van der Waals surface area contributed by atoms with E-state index >= 15 is 0 Å². The van der Waals surface area contributed by atoms with Crippen molar-refractivity contribution in [3.63, 3.8) is 0 Å². The van der Waals surface area contributed by atoms with E-state index in [9.17, 15) is 19.2 Å². The Kier molecular flexibility index (Phi) is 8.89. The van der Waals surface area contributed by atoms with E-state index in [4.69, 9.17) is 14.3 Å². The zero-order chi connectivity index (χ0) is 25.5. The molecule has 0 aliphatic heterocycles. The van der Waals surface area contributed by atoms with Crippen LogP contribution in [0.3, 0.4) is 0 Å². The molecule has 0 bridgehead atoms. The molecule has 0 saturated carbocycles. The van der Waals surface area contributed by atoms with Crippen LogP contribution < -0.4 is 21.0 Å². The van der Waals surface area contributed by atoms with Gasteiger partial charge in [0.15, 0.2) is 6.61 Å². The van der Waals surface area contributed by atoms with Gasteiger partial charge in [0.05, 0.1) is 5.39 Å². The van der Waals surface area contributed by atoms with Gasteiger partial charge < -0.3 is 24.9 Å². The van der Waals surface area contributed by atoms with Gasteiger partial charge in [-0.05, 0) is 68.2 Å². The highest BCUT2D eigenvalue weighted by molar-refractivity contribution is 5.89. The lowest BCUT2D eigenvalue weighted by molar-refractivity contribution is -0.143. The van der Waals surface area contributed by atoms with Crippen LogP contribution in [0.15, 0.2) is 21.3 Å². The Bertz CT molecular complexity index is 1150. The summed E-state index contributed by atoms with van der Waals surface area (Å²) in [7, 11) is 0. The fourth-order valence-electron chi connectivity index (χ4n) is 4.39. The molecule has 0 spiro atoms. The second-order valence-corrected chi connectivity index (χ2v) is 9.41. The molecule has 1 aromatic carbocycles. The Hall–Kier alpha value is -3.36. The van der Waals surface area contributed by atoms with Crippen LogP contribution >= 0.6 is 0 Å². The van der Waals surface area contributed by atoms with Gasteiger partial charge in [-0.25, -0.2) is 9.59 Å². The largest absolute Gasteiger partial charge is 0.483 e. The van der Waals surface area contributed by atoms with Crippen molar-refractivity contribution in [2.45, 2.75) is 71.8 Å². The Labute approximate surface area is 204 Å². The number of unbranched alkanes of at least 4 members (excludes halogenated alkanes) is 2. The molecule has 0 saturated heterocycles. The van der Waals surface area contributed by atoms with Gasteiger partial charge in [0, 0.05) is 18.5 Å². The molecular formula is C26H34N2O7. The van der Waals surface area contributed by atoms with Gasteiger partial charge in [-0.1, -0.05) is 20.3 Å². The Morgan fingerprint density at radius 3 is 2.54 bits per heavy atom. The van der Waals surface area contributed by atoms with Gasteiger partial charge in [-0.2, -0.15) is 0 Å². The Morgan fingerprint density at radius 2 is 1.83 bits per heavy atom. The second kappa shape index (κ2) is 11.9. The number of nitrogens with one attached hydrogen (secondary N) is 2. The number of rotatable bonds is 12. The number of ether oxygens (including phenoxy) is 1. The maximum atomic E-state index is 12.3. The van der Waals surface area contributed by atoms with E-state index in [1.807, 2.05) is 19.1 Å². The molecule has 2 amide bonds. The van der Waals surface area contributed by atoms with Gasteiger partial charge in [0.2, 0.25) is 5.91 Å². The molecule has 1 aromatic heterocycles. The van der Waals surface area contributed by atoms with Gasteiger partial charge in [0.25, 0.3) is 5.91 Å². The number of hydrogen-bond donors (Lipinski definition) is 3. The average molecular weight is 487 g/mol. The molecule has 2 aromatic rings. The third-order valence-electron chi connectivity index (χ3n) is 6.19. The molecule has 0 radical (unpaired) electrons. The van der Waals surface area contributed by atoms with Crippen molar-refractivity contribution in [3.8, 4) is 5.75 Å². The number of carbonyl (C=O) groups excluding carboxylic acids is 2. The molecule has 0 fully saturated rings. The average Bonchev–Trinajstić information content (AvgIpc) is 3.28. The third-order valence-corrected chi connectivity index (χ3v) is 6.19. The van der Waals surface area contributed by atoms with Crippen molar-refractivity contribution in [2.24, 2.45) is 5.92 Å². The summed E-state index contributed by atoms with van der Waals surface area (Å²) in [6, 6.07) is 2.78. The van der Waals surface area contributed by atoms with Crippen LogP contribution in [0.2, 0.25) is 0 Å². The summed E-state index contributed by atoms with van der Waals surface area (Å²) in [5.74, 6) is -1.22. The zero-order valence-electron chi connectivity index (χ0n) is 20.6. The summed E-state index contributed by atoms with van der Waals surface area (Å²) in [5.41, 5.74) is 2.73. The normalized spacial score (nSPS) is 13.5. The van der Waals surface area contributed by atoms with Crippen molar-refractivity contribution in [1.29, 1.82) is 0 Å². The highest BCUT2D eigenvalue weighted by Gasteiger charge is 2.24. The van der Waals surface area contributed by atoms with Crippen molar-refractivity contribution >= 4 is 28.8 Å². The van der Waals surface area contributed by atoms with Crippen molar-refractivity contribution in [2.75, 3.05) is 13.2 Å². The first-order chi connectivity index (χ1) is 16.7.